The highest BCUT2D eigenvalue weighted by Crippen LogP contribution is 2.42. The zero-order valence-corrected chi connectivity index (χ0v) is 24.1. The number of nitrogens with zero attached hydrogens (tertiary/aromatic N) is 1. The molecule has 1 aromatic heterocycles. The van der Waals surface area contributed by atoms with Gasteiger partial charge >= 0.3 is 12.1 Å². The molecule has 2 heterocycles. The van der Waals surface area contributed by atoms with Crippen molar-refractivity contribution in [3.05, 3.63) is 101 Å². The largest absolute Gasteiger partial charge is 0.512 e. The highest BCUT2D eigenvalue weighted by Gasteiger charge is 2.43. The van der Waals surface area contributed by atoms with Crippen molar-refractivity contribution in [2.75, 3.05) is 4.72 Å². The van der Waals surface area contributed by atoms with Crippen molar-refractivity contribution in [1.82, 2.24) is 4.98 Å². The Morgan fingerprint density at radius 2 is 1.79 bits per heavy atom. The predicted molar refractivity (Wildman–Crippen MR) is 152 cm³/mol. The third-order valence-corrected chi connectivity index (χ3v) is 8.68. The average molecular weight is 603 g/mol. The number of carbonyl (C=O) groups is 1. The summed E-state index contributed by atoms with van der Waals surface area (Å²) in [6, 6.07) is 17.6. The van der Waals surface area contributed by atoms with Gasteiger partial charge in [0.2, 0.25) is 0 Å². The Bertz CT molecular complexity index is 1540. The van der Waals surface area contributed by atoms with Crippen LogP contribution in [0.15, 0.2) is 89.3 Å². The second-order valence-corrected chi connectivity index (χ2v) is 12.0. The van der Waals surface area contributed by atoms with Crippen molar-refractivity contribution < 1.29 is 36.2 Å². The van der Waals surface area contributed by atoms with E-state index >= 15 is 0 Å². The number of sulfonamides is 1. The van der Waals surface area contributed by atoms with Crippen LogP contribution in [0.1, 0.15) is 68.6 Å². The number of pyridine rings is 1. The first-order valence-electron chi connectivity index (χ1n) is 13.7. The second-order valence-electron chi connectivity index (χ2n) is 10.4. The third-order valence-electron chi connectivity index (χ3n) is 7.38. The summed E-state index contributed by atoms with van der Waals surface area (Å²) in [4.78, 5) is 16.9. The predicted octanol–water partition coefficient (Wildman–Crippen LogP) is 7.33. The quantitative estimate of drug-likeness (QED) is 0.223. The van der Waals surface area contributed by atoms with Gasteiger partial charge in [0.15, 0.2) is 5.03 Å². The number of aliphatic hydroxyl groups excluding tert-OH is 1. The SMILES string of the molecule is CCCC1(CCc2ccccc2)CC(O)=C([C@@H](CC)c2cccc(NS(=O)(=O)c3ccc(C(F)(F)F)cn3)c2)C(=O)O1. The molecule has 224 valence electrons. The number of cyclic esters (lactones) is 1. The van der Waals surface area contributed by atoms with E-state index in [1.807, 2.05) is 44.2 Å². The summed E-state index contributed by atoms with van der Waals surface area (Å²) in [5.41, 5.74) is 0.0252. The van der Waals surface area contributed by atoms with Gasteiger partial charge in [0.1, 0.15) is 11.4 Å². The molecule has 2 atom stereocenters. The molecule has 1 unspecified atom stereocenters. The van der Waals surface area contributed by atoms with Crippen LogP contribution >= 0.6 is 0 Å². The summed E-state index contributed by atoms with van der Waals surface area (Å²) in [6.07, 6.45) is -1.00. The Hall–Kier alpha value is -3.86. The number of nitrogens with one attached hydrogen (secondary N) is 1. The first-order chi connectivity index (χ1) is 19.9. The second kappa shape index (κ2) is 12.6. The van der Waals surface area contributed by atoms with Gasteiger partial charge in [-0.1, -0.05) is 62.7 Å². The van der Waals surface area contributed by atoms with E-state index in [0.29, 0.717) is 43.5 Å². The standard InChI is InChI=1S/C31H33F3N2O5S/c1-3-16-30(17-15-21-9-6-5-7-10-21)19-26(37)28(29(38)41-30)25(4-2)22-11-8-12-24(18-22)36-42(39,40)27-14-13-23(20-35-27)31(32,33)34/h5-14,18,20,25,36-37H,3-4,15-17,19H2,1-2H3/t25-,30?/m0/s1. The first-order valence-corrected chi connectivity index (χ1v) is 15.2. The maximum absolute atomic E-state index is 13.4. The van der Waals surface area contributed by atoms with Crippen LogP contribution in [0.5, 0.6) is 0 Å². The van der Waals surface area contributed by atoms with Crippen LogP contribution in [-0.2, 0) is 32.2 Å². The Kier molecular flexibility index (Phi) is 9.30. The Balaban J connectivity index is 1.57. The number of aryl methyl sites for hydroxylation is 1. The number of rotatable bonds is 11. The fourth-order valence-corrected chi connectivity index (χ4v) is 6.35. The van der Waals surface area contributed by atoms with Crippen LogP contribution in [0.25, 0.3) is 0 Å². The van der Waals surface area contributed by atoms with E-state index in [9.17, 15) is 31.5 Å². The molecule has 4 rings (SSSR count). The first kappa shape index (κ1) is 31.1. The Morgan fingerprint density at radius 1 is 1.05 bits per heavy atom. The van der Waals surface area contributed by atoms with Crippen molar-refractivity contribution in [1.29, 1.82) is 0 Å². The van der Waals surface area contributed by atoms with Crippen LogP contribution in [0, 0.1) is 0 Å². The maximum atomic E-state index is 13.4. The van der Waals surface area contributed by atoms with Crippen molar-refractivity contribution in [2.45, 2.75) is 75.1 Å². The molecule has 0 spiro atoms. The van der Waals surface area contributed by atoms with Gasteiger partial charge in [0.05, 0.1) is 11.1 Å². The molecule has 11 heteroatoms. The lowest BCUT2D eigenvalue weighted by molar-refractivity contribution is -0.161. The molecule has 0 amide bonds. The van der Waals surface area contributed by atoms with Crippen molar-refractivity contribution in [3.8, 4) is 0 Å². The van der Waals surface area contributed by atoms with E-state index in [1.165, 1.54) is 12.1 Å². The molecule has 0 bridgehead atoms. The molecule has 0 aliphatic carbocycles. The number of halogens is 3. The number of aromatic nitrogens is 1. The van der Waals surface area contributed by atoms with Crippen molar-refractivity contribution >= 4 is 21.7 Å². The summed E-state index contributed by atoms with van der Waals surface area (Å²) in [5, 5.41) is 10.6. The minimum absolute atomic E-state index is 0.0421. The van der Waals surface area contributed by atoms with Gasteiger partial charge < -0.3 is 9.84 Å². The lowest BCUT2D eigenvalue weighted by Crippen LogP contribution is -2.41. The third kappa shape index (κ3) is 7.13. The number of hydrogen-bond acceptors (Lipinski definition) is 6. The van der Waals surface area contributed by atoms with Gasteiger partial charge in [0.25, 0.3) is 10.0 Å². The summed E-state index contributed by atoms with van der Waals surface area (Å²) < 4.78 is 72.6. The molecule has 2 aromatic carbocycles. The minimum Gasteiger partial charge on any atom is -0.512 e. The van der Waals surface area contributed by atoms with Crippen molar-refractivity contribution in [3.63, 3.8) is 0 Å². The van der Waals surface area contributed by atoms with E-state index in [-0.39, 0.29) is 23.4 Å². The van der Waals surface area contributed by atoms with Gasteiger partial charge in [-0.25, -0.2) is 9.78 Å². The Labute approximate surface area is 243 Å². The van der Waals surface area contributed by atoms with Crippen LogP contribution in [0.4, 0.5) is 18.9 Å². The zero-order valence-electron chi connectivity index (χ0n) is 23.3. The number of anilines is 1. The molecule has 0 saturated carbocycles. The molecular formula is C31H33F3N2O5S. The van der Waals surface area contributed by atoms with E-state index < -0.39 is 44.3 Å². The zero-order chi connectivity index (χ0) is 30.5. The number of benzene rings is 2. The highest BCUT2D eigenvalue weighted by atomic mass is 32.2. The maximum Gasteiger partial charge on any atom is 0.417 e. The van der Waals surface area contributed by atoms with Gasteiger partial charge in [-0.2, -0.15) is 21.6 Å². The van der Waals surface area contributed by atoms with E-state index in [0.717, 1.165) is 18.1 Å². The van der Waals surface area contributed by atoms with Crippen LogP contribution in [0.3, 0.4) is 0 Å². The van der Waals surface area contributed by atoms with Gasteiger partial charge in [-0.05, 0) is 61.1 Å². The van der Waals surface area contributed by atoms with Crippen LogP contribution in [-0.4, -0.2) is 30.1 Å². The van der Waals surface area contributed by atoms with Gasteiger partial charge in [-0.15, -0.1) is 0 Å². The molecule has 1 aliphatic heterocycles. The minimum atomic E-state index is -4.65. The molecule has 7 nitrogen and oxygen atoms in total. The highest BCUT2D eigenvalue weighted by molar-refractivity contribution is 7.92. The summed E-state index contributed by atoms with van der Waals surface area (Å²) in [5.74, 6) is -1.23. The van der Waals surface area contributed by atoms with Gasteiger partial charge in [-0.3, -0.25) is 4.72 Å². The molecule has 2 N–H and O–H groups in total. The molecule has 0 radical (unpaired) electrons. The number of esters is 1. The summed E-state index contributed by atoms with van der Waals surface area (Å²) in [6.45, 7) is 3.83. The molecular weight excluding hydrogens is 569 g/mol. The average Bonchev–Trinajstić information content (AvgIpc) is 2.94. The number of carbonyl (C=O) groups excluding carboxylic acids is 1. The monoisotopic (exact) mass is 602 g/mol. The summed E-state index contributed by atoms with van der Waals surface area (Å²) in [7, 11) is -4.30. The molecule has 0 fully saturated rings. The fraction of sp³-hybridized carbons (Fsp3) is 0.355. The van der Waals surface area contributed by atoms with Gasteiger partial charge in [0, 0.05) is 24.2 Å². The van der Waals surface area contributed by atoms with Crippen LogP contribution in [0.2, 0.25) is 0 Å². The Morgan fingerprint density at radius 3 is 2.38 bits per heavy atom. The fourth-order valence-electron chi connectivity index (χ4n) is 5.37. The molecule has 3 aromatic rings. The number of aliphatic hydroxyl groups is 1. The normalized spacial score (nSPS) is 18.5. The van der Waals surface area contributed by atoms with Crippen LogP contribution < -0.4 is 4.72 Å². The number of hydrogen-bond donors (Lipinski definition) is 2. The van der Waals surface area contributed by atoms with Crippen molar-refractivity contribution in [2.24, 2.45) is 0 Å². The molecule has 1 aliphatic rings. The smallest absolute Gasteiger partial charge is 0.417 e. The number of alkyl halides is 3. The molecule has 0 saturated heterocycles. The summed E-state index contributed by atoms with van der Waals surface area (Å²) >= 11 is 0. The number of ether oxygens (including phenoxy) is 1. The molecule has 42 heavy (non-hydrogen) atoms. The lowest BCUT2D eigenvalue weighted by Gasteiger charge is -2.38. The van der Waals surface area contributed by atoms with E-state index in [1.54, 1.807) is 12.1 Å². The lowest BCUT2D eigenvalue weighted by atomic mass is 9.80. The van der Waals surface area contributed by atoms with E-state index in [2.05, 4.69) is 9.71 Å². The van der Waals surface area contributed by atoms with E-state index in [4.69, 9.17) is 4.74 Å². The topological polar surface area (TPSA) is 106 Å².